The number of carbonyl (C=O) groups is 2. The Labute approximate surface area is 229 Å². The normalized spacial score (nSPS) is 21.9. The van der Waals surface area contributed by atoms with E-state index < -0.39 is 17.4 Å². The number of aromatic nitrogens is 1. The summed E-state index contributed by atoms with van der Waals surface area (Å²) in [7, 11) is 0. The average molecular weight is 564 g/mol. The number of ether oxygens (including phenoxy) is 2. The van der Waals surface area contributed by atoms with E-state index in [2.05, 4.69) is 10.3 Å². The molecule has 0 radical (unpaired) electrons. The molecule has 0 spiro atoms. The number of aromatic amines is 1. The SMILES string of the molecule is CSc1cc(C)[nH]c(=O)c1CNC(=O)c1cc(Cl)c2c(c1C)OC(C)(C1CCN(C(=O)C3(F)CC3)CC1)O2. The second-order valence-corrected chi connectivity index (χ2v) is 11.7. The second-order valence-electron chi connectivity index (χ2n) is 10.5. The molecule has 1 saturated heterocycles. The zero-order chi connectivity index (χ0) is 27.4. The van der Waals surface area contributed by atoms with Gasteiger partial charge >= 0.3 is 0 Å². The summed E-state index contributed by atoms with van der Waals surface area (Å²) in [4.78, 5) is 43.2. The van der Waals surface area contributed by atoms with Crippen LogP contribution in [0.1, 0.15) is 59.8 Å². The minimum atomic E-state index is -1.67. The Kier molecular flexibility index (Phi) is 6.92. The molecule has 204 valence electrons. The topological polar surface area (TPSA) is 101 Å². The van der Waals surface area contributed by atoms with Crippen molar-refractivity contribution in [2.45, 2.75) is 69.4 Å². The van der Waals surface area contributed by atoms with E-state index in [4.69, 9.17) is 21.1 Å². The number of amides is 2. The summed E-state index contributed by atoms with van der Waals surface area (Å²) in [6.07, 6.45) is 3.68. The Morgan fingerprint density at radius 3 is 2.50 bits per heavy atom. The third kappa shape index (κ3) is 4.77. The molecule has 1 aromatic carbocycles. The van der Waals surface area contributed by atoms with E-state index in [9.17, 15) is 18.8 Å². The number of nitrogens with one attached hydrogen (secondary N) is 2. The molecular formula is C27H31ClFN3O5S. The third-order valence-electron chi connectivity index (χ3n) is 7.76. The number of pyridine rings is 1. The monoisotopic (exact) mass is 563 g/mol. The van der Waals surface area contributed by atoms with Crippen LogP contribution >= 0.6 is 23.4 Å². The van der Waals surface area contributed by atoms with Crippen LogP contribution in [0.3, 0.4) is 0 Å². The summed E-state index contributed by atoms with van der Waals surface area (Å²) >= 11 is 7.99. The highest BCUT2D eigenvalue weighted by molar-refractivity contribution is 7.98. The molecule has 2 aromatic rings. The van der Waals surface area contributed by atoms with Crippen LogP contribution in [-0.4, -0.2) is 52.5 Å². The molecule has 2 N–H and O–H groups in total. The van der Waals surface area contributed by atoms with E-state index >= 15 is 0 Å². The van der Waals surface area contributed by atoms with Gasteiger partial charge in [-0.25, -0.2) is 4.39 Å². The molecule has 11 heteroatoms. The molecule has 2 aliphatic heterocycles. The van der Waals surface area contributed by atoms with Gasteiger partial charge in [0.15, 0.2) is 17.2 Å². The lowest BCUT2D eigenvalue weighted by molar-refractivity contribution is -0.148. The summed E-state index contributed by atoms with van der Waals surface area (Å²) in [5.74, 6) is -1.10. The number of aryl methyl sites for hydroxylation is 1. The van der Waals surface area contributed by atoms with Crippen molar-refractivity contribution in [3.05, 3.63) is 49.9 Å². The molecule has 1 atom stereocenters. The molecule has 2 fully saturated rings. The number of H-pyrrole nitrogens is 1. The van der Waals surface area contributed by atoms with E-state index in [1.54, 1.807) is 17.9 Å². The first kappa shape index (κ1) is 26.9. The maximum Gasteiger partial charge on any atom is 0.260 e. The van der Waals surface area contributed by atoms with Gasteiger partial charge in [-0.1, -0.05) is 11.6 Å². The summed E-state index contributed by atoms with van der Waals surface area (Å²) in [6, 6.07) is 3.42. The molecule has 2 amide bonds. The quantitative estimate of drug-likeness (QED) is 0.501. The maximum atomic E-state index is 14.2. The number of piperidine rings is 1. The zero-order valence-electron chi connectivity index (χ0n) is 21.8. The first-order chi connectivity index (χ1) is 18.0. The van der Waals surface area contributed by atoms with Crippen LogP contribution < -0.4 is 20.3 Å². The number of alkyl halides is 1. The smallest absolute Gasteiger partial charge is 0.260 e. The number of rotatable bonds is 6. The molecule has 3 heterocycles. The van der Waals surface area contributed by atoms with E-state index in [1.807, 2.05) is 26.2 Å². The third-order valence-corrected chi connectivity index (χ3v) is 8.85. The van der Waals surface area contributed by atoms with Gasteiger partial charge in [-0.15, -0.1) is 11.8 Å². The van der Waals surface area contributed by atoms with Crippen molar-refractivity contribution in [3.63, 3.8) is 0 Å². The number of nitrogens with zero attached hydrogens (tertiary/aromatic N) is 1. The lowest BCUT2D eigenvalue weighted by Crippen LogP contribution is -2.51. The fourth-order valence-electron chi connectivity index (χ4n) is 5.26. The standard InChI is InChI=1S/C27H31ClFN3O5S/c1-14-11-20(38-4)18(24(34)31-14)13-30-23(33)17-12-19(28)22-21(15(17)2)36-26(3,37-22)16-5-9-32(10-6-16)25(35)27(29)7-8-27/h11-12,16H,5-10,13H2,1-4H3,(H,30,33)(H,31,34). The van der Waals surface area contributed by atoms with Crippen molar-refractivity contribution in [1.29, 1.82) is 0 Å². The number of thioether (sulfide) groups is 1. The predicted molar refractivity (Wildman–Crippen MR) is 143 cm³/mol. The maximum absolute atomic E-state index is 14.2. The first-order valence-electron chi connectivity index (χ1n) is 12.7. The minimum Gasteiger partial charge on any atom is -0.448 e. The van der Waals surface area contributed by atoms with Gasteiger partial charge in [0.05, 0.1) is 5.02 Å². The average Bonchev–Trinajstić information content (AvgIpc) is 3.53. The van der Waals surface area contributed by atoms with Crippen LogP contribution in [0.2, 0.25) is 5.02 Å². The van der Waals surface area contributed by atoms with Gasteiger partial charge in [0.25, 0.3) is 23.2 Å². The molecule has 1 unspecified atom stereocenters. The van der Waals surface area contributed by atoms with Crippen LogP contribution in [0, 0.1) is 19.8 Å². The Hall–Kier alpha value is -2.72. The lowest BCUT2D eigenvalue weighted by atomic mass is 9.89. The molecule has 3 aliphatic rings. The number of halogens is 2. The highest BCUT2D eigenvalue weighted by Gasteiger charge is 2.54. The van der Waals surface area contributed by atoms with Crippen LogP contribution in [0.25, 0.3) is 0 Å². The summed E-state index contributed by atoms with van der Waals surface area (Å²) in [5, 5.41) is 3.08. The van der Waals surface area contributed by atoms with Crippen molar-refractivity contribution >= 4 is 35.2 Å². The van der Waals surface area contributed by atoms with Crippen LogP contribution in [0.15, 0.2) is 21.8 Å². The van der Waals surface area contributed by atoms with Gasteiger partial charge in [-0.3, -0.25) is 14.4 Å². The van der Waals surface area contributed by atoms with Crippen molar-refractivity contribution < 1.29 is 23.5 Å². The van der Waals surface area contributed by atoms with E-state index in [1.165, 1.54) is 11.8 Å². The molecular weight excluding hydrogens is 533 g/mol. The second kappa shape index (κ2) is 9.79. The molecule has 1 aromatic heterocycles. The van der Waals surface area contributed by atoms with Crippen molar-refractivity contribution in [2.24, 2.45) is 5.92 Å². The number of likely N-dealkylation sites (tertiary alicyclic amines) is 1. The molecule has 8 nitrogen and oxygen atoms in total. The minimum absolute atomic E-state index is 0.0558. The van der Waals surface area contributed by atoms with E-state index in [0.717, 1.165) is 10.6 Å². The van der Waals surface area contributed by atoms with Gasteiger partial charge in [0.2, 0.25) is 0 Å². The summed E-state index contributed by atoms with van der Waals surface area (Å²) < 4.78 is 26.8. The van der Waals surface area contributed by atoms with E-state index in [-0.39, 0.29) is 29.0 Å². The van der Waals surface area contributed by atoms with Gasteiger partial charge < -0.3 is 24.7 Å². The van der Waals surface area contributed by atoms with Gasteiger partial charge in [-0.05, 0) is 57.9 Å². The largest absolute Gasteiger partial charge is 0.448 e. The fraction of sp³-hybridized carbons (Fsp3) is 0.519. The molecule has 1 saturated carbocycles. The molecule has 1 aliphatic carbocycles. The predicted octanol–water partition coefficient (Wildman–Crippen LogP) is 4.53. The number of carbonyl (C=O) groups excluding carboxylic acids is 2. The van der Waals surface area contributed by atoms with Gasteiger partial charge in [0, 0.05) is 59.8 Å². The van der Waals surface area contributed by atoms with Crippen LogP contribution in [0.5, 0.6) is 11.5 Å². The first-order valence-corrected chi connectivity index (χ1v) is 14.3. The summed E-state index contributed by atoms with van der Waals surface area (Å²) in [6.45, 7) is 6.34. The van der Waals surface area contributed by atoms with Crippen molar-refractivity contribution in [3.8, 4) is 11.5 Å². The number of hydrogen-bond acceptors (Lipinski definition) is 6. The molecule has 5 rings (SSSR count). The zero-order valence-corrected chi connectivity index (χ0v) is 23.4. The van der Waals surface area contributed by atoms with Gasteiger partial charge in [0.1, 0.15) is 0 Å². The van der Waals surface area contributed by atoms with Crippen molar-refractivity contribution in [2.75, 3.05) is 19.3 Å². The fourth-order valence-corrected chi connectivity index (χ4v) is 6.20. The molecule has 38 heavy (non-hydrogen) atoms. The molecule has 0 bridgehead atoms. The van der Waals surface area contributed by atoms with E-state index in [0.29, 0.717) is 67.0 Å². The van der Waals surface area contributed by atoms with Crippen LogP contribution in [-0.2, 0) is 11.3 Å². The summed E-state index contributed by atoms with van der Waals surface area (Å²) in [5.41, 5.74) is 0.237. The van der Waals surface area contributed by atoms with Crippen molar-refractivity contribution in [1.82, 2.24) is 15.2 Å². The Bertz CT molecular complexity index is 1370. The highest BCUT2D eigenvalue weighted by Crippen LogP contribution is 2.51. The number of benzene rings is 1. The van der Waals surface area contributed by atoms with Gasteiger partial charge in [-0.2, -0.15) is 0 Å². The Morgan fingerprint density at radius 2 is 1.87 bits per heavy atom. The van der Waals surface area contributed by atoms with Crippen LogP contribution in [0.4, 0.5) is 4.39 Å². The Balaban J connectivity index is 1.29. The lowest BCUT2D eigenvalue weighted by Gasteiger charge is -2.39. The highest BCUT2D eigenvalue weighted by atomic mass is 35.5. The Morgan fingerprint density at radius 1 is 1.21 bits per heavy atom. The number of fused-ring (bicyclic) bond motifs is 1. The number of hydrogen-bond donors (Lipinski definition) is 2.